The van der Waals surface area contributed by atoms with Gasteiger partial charge in [-0.15, -0.1) is 0 Å². The molecule has 0 saturated carbocycles. The van der Waals surface area contributed by atoms with Crippen molar-refractivity contribution >= 4 is 11.8 Å². The molecule has 0 bridgehead atoms. The lowest BCUT2D eigenvalue weighted by Crippen LogP contribution is -2.51. The summed E-state index contributed by atoms with van der Waals surface area (Å²) in [7, 11) is 4.75. The van der Waals surface area contributed by atoms with Crippen LogP contribution in [0.25, 0.3) is 0 Å². The van der Waals surface area contributed by atoms with Crippen molar-refractivity contribution < 1.29 is 23.8 Å². The van der Waals surface area contributed by atoms with Crippen LogP contribution in [0.5, 0.6) is 17.2 Å². The Morgan fingerprint density at radius 3 is 1.84 bits per heavy atom. The third-order valence-electron chi connectivity index (χ3n) is 6.39. The summed E-state index contributed by atoms with van der Waals surface area (Å²) in [6, 6.07) is 3.78. The molecule has 1 aromatic rings. The van der Waals surface area contributed by atoms with E-state index in [9.17, 15) is 9.59 Å². The quantitative estimate of drug-likeness (QED) is 0.608. The molecule has 2 fully saturated rings. The standard InChI is InChI=1S/C24H37N3O5/c1-30-20-16-19(17-21(31-2)24(20)32-3)8-9-22(28)27-14-12-25(13-15-27)18-23(29)26-10-6-4-5-7-11-26/h16-17H,4-15,18H2,1-3H3. The van der Waals surface area contributed by atoms with Crippen molar-refractivity contribution in [2.45, 2.75) is 38.5 Å². The van der Waals surface area contributed by atoms with Gasteiger partial charge in [-0.3, -0.25) is 14.5 Å². The maximum absolute atomic E-state index is 12.8. The zero-order valence-corrected chi connectivity index (χ0v) is 19.7. The Labute approximate surface area is 191 Å². The Balaban J connectivity index is 1.46. The molecular formula is C24H37N3O5. The van der Waals surface area contributed by atoms with Crippen LogP contribution in [0.4, 0.5) is 0 Å². The van der Waals surface area contributed by atoms with E-state index in [-0.39, 0.29) is 11.8 Å². The van der Waals surface area contributed by atoms with Gasteiger partial charge in [0.05, 0.1) is 27.9 Å². The molecule has 178 valence electrons. The summed E-state index contributed by atoms with van der Waals surface area (Å²) < 4.78 is 16.2. The third kappa shape index (κ3) is 6.28. The number of nitrogens with zero attached hydrogens (tertiary/aromatic N) is 3. The first-order valence-corrected chi connectivity index (χ1v) is 11.6. The highest BCUT2D eigenvalue weighted by atomic mass is 16.5. The van der Waals surface area contributed by atoms with Crippen LogP contribution in [-0.4, -0.2) is 93.7 Å². The fourth-order valence-corrected chi connectivity index (χ4v) is 4.46. The van der Waals surface area contributed by atoms with Crippen LogP contribution in [0.15, 0.2) is 12.1 Å². The minimum absolute atomic E-state index is 0.136. The smallest absolute Gasteiger partial charge is 0.236 e. The Hall–Kier alpha value is -2.48. The van der Waals surface area contributed by atoms with Gasteiger partial charge in [0.15, 0.2) is 11.5 Å². The monoisotopic (exact) mass is 447 g/mol. The third-order valence-corrected chi connectivity index (χ3v) is 6.39. The van der Waals surface area contributed by atoms with E-state index in [1.54, 1.807) is 21.3 Å². The van der Waals surface area contributed by atoms with E-state index >= 15 is 0 Å². The molecule has 2 amide bonds. The second kappa shape index (κ2) is 11.9. The molecule has 32 heavy (non-hydrogen) atoms. The predicted molar refractivity (Wildman–Crippen MR) is 122 cm³/mol. The number of carbonyl (C=O) groups is 2. The first kappa shape index (κ1) is 24.2. The molecule has 0 aromatic heterocycles. The molecule has 8 heteroatoms. The second-order valence-corrected chi connectivity index (χ2v) is 8.49. The molecule has 0 radical (unpaired) electrons. The number of hydrogen-bond acceptors (Lipinski definition) is 6. The lowest BCUT2D eigenvalue weighted by atomic mass is 10.1. The number of piperazine rings is 1. The summed E-state index contributed by atoms with van der Waals surface area (Å²) in [6.45, 7) is 5.07. The molecule has 2 aliphatic heterocycles. The van der Waals surface area contributed by atoms with E-state index in [4.69, 9.17) is 14.2 Å². The molecule has 0 aliphatic carbocycles. The zero-order chi connectivity index (χ0) is 22.9. The van der Waals surface area contributed by atoms with E-state index in [2.05, 4.69) is 4.90 Å². The molecule has 0 unspecified atom stereocenters. The highest BCUT2D eigenvalue weighted by molar-refractivity contribution is 5.78. The summed E-state index contributed by atoms with van der Waals surface area (Å²) in [4.78, 5) is 31.5. The van der Waals surface area contributed by atoms with Crippen molar-refractivity contribution in [2.75, 3.05) is 67.1 Å². The predicted octanol–water partition coefficient (Wildman–Crippen LogP) is 2.19. The summed E-state index contributed by atoms with van der Waals surface area (Å²) in [5.74, 6) is 2.11. The fourth-order valence-electron chi connectivity index (χ4n) is 4.46. The number of aryl methyl sites for hydroxylation is 1. The normalized spacial score (nSPS) is 17.6. The van der Waals surface area contributed by atoms with Gasteiger partial charge in [0.25, 0.3) is 0 Å². The van der Waals surface area contributed by atoms with Crippen LogP contribution >= 0.6 is 0 Å². The van der Waals surface area contributed by atoms with Crippen LogP contribution in [0.3, 0.4) is 0 Å². The van der Waals surface area contributed by atoms with Gasteiger partial charge in [0.1, 0.15) is 0 Å². The van der Waals surface area contributed by atoms with E-state index in [0.717, 1.165) is 44.6 Å². The highest BCUT2D eigenvalue weighted by Crippen LogP contribution is 2.38. The molecule has 8 nitrogen and oxygen atoms in total. The van der Waals surface area contributed by atoms with Gasteiger partial charge in [0, 0.05) is 45.7 Å². The van der Waals surface area contributed by atoms with Gasteiger partial charge < -0.3 is 24.0 Å². The van der Waals surface area contributed by atoms with Crippen molar-refractivity contribution in [3.63, 3.8) is 0 Å². The SMILES string of the molecule is COc1cc(CCC(=O)N2CCN(CC(=O)N3CCCCCC3)CC2)cc(OC)c1OC. The van der Waals surface area contributed by atoms with Crippen molar-refractivity contribution in [3.05, 3.63) is 17.7 Å². The molecule has 0 spiro atoms. The van der Waals surface area contributed by atoms with E-state index in [1.807, 2.05) is 21.9 Å². The number of hydrogen-bond donors (Lipinski definition) is 0. The first-order chi connectivity index (χ1) is 15.5. The van der Waals surface area contributed by atoms with Gasteiger partial charge in [-0.1, -0.05) is 12.8 Å². The van der Waals surface area contributed by atoms with E-state index < -0.39 is 0 Å². The minimum atomic E-state index is 0.136. The molecule has 1 aromatic carbocycles. The molecule has 2 aliphatic rings. The Kier molecular flexibility index (Phi) is 9.02. The number of methoxy groups -OCH3 is 3. The molecule has 0 N–H and O–H groups in total. The fraction of sp³-hybridized carbons (Fsp3) is 0.667. The lowest BCUT2D eigenvalue weighted by Gasteiger charge is -2.35. The number of likely N-dealkylation sites (tertiary alicyclic amines) is 1. The van der Waals surface area contributed by atoms with Crippen LogP contribution in [0, 0.1) is 0 Å². The van der Waals surface area contributed by atoms with Gasteiger partial charge in [-0.25, -0.2) is 0 Å². The maximum atomic E-state index is 12.8. The van der Waals surface area contributed by atoms with Crippen molar-refractivity contribution in [3.8, 4) is 17.2 Å². The summed E-state index contributed by atoms with van der Waals surface area (Å²) in [6.07, 6.45) is 5.69. The van der Waals surface area contributed by atoms with Crippen molar-refractivity contribution in [1.29, 1.82) is 0 Å². The van der Waals surface area contributed by atoms with E-state index in [0.29, 0.717) is 49.7 Å². The van der Waals surface area contributed by atoms with Crippen LogP contribution in [0.1, 0.15) is 37.7 Å². The second-order valence-electron chi connectivity index (χ2n) is 8.49. The highest BCUT2D eigenvalue weighted by Gasteiger charge is 2.24. The lowest BCUT2D eigenvalue weighted by molar-refractivity contribution is -0.135. The zero-order valence-electron chi connectivity index (χ0n) is 19.7. The molecule has 2 saturated heterocycles. The molecule has 2 heterocycles. The van der Waals surface area contributed by atoms with Crippen molar-refractivity contribution in [1.82, 2.24) is 14.7 Å². The topological polar surface area (TPSA) is 71.6 Å². The molecule has 0 atom stereocenters. The first-order valence-electron chi connectivity index (χ1n) is 11.6. The number of benzene rings is 1. The average molecular weight is 448 g/mol. The molecule has 3 rings (SSSR count). The van der Waals surface area contributed by atoms with Gasteiger partial charge in [-0.2, -0.15) is 0 Å². The summed E-state index contributed by atoms with van der Waals surface area (Å²) in [5.41, 5.74) is 0.967. The van der Waals surface area contributed by atoms with Crippen molar-refractivity contribution in [2.24, 2.45) is 0 Å². The van der Waals surface area contributed by atoms with Gasteiger partial charge >= 0.3 is 0 Å². The number of ether oxygens (including phenoxy) is 3. The Bertz CT molecular complexity index is 744. The molecular weight excluding hydrogens is 410 g/mol. The number of carbonyl (C=O) groups excluding carboxylic acids is 2. The van der Waals surface area contributed by atoms with E-state index in [1.165, 1.54) is 12.8 Å². The van der Waals surface area contributed by atoms with Crippen LogP contribution < -0.4 is 14.2 Å². The summed E-state index contributed by atoms with van der Waals surface area (Å²) in [5, 5.41) is 0. The largest absolute Gasteiger partial charge is 0.493 e. The average Bonchev–Trinajstić information content (AvgIpc) is 3.12. The number of amides is 2. The Morgan fingerprint density at radius 2 is 1.31 bits per heavy atom. The summed E-state index contributed by atoms with van der Waals surface area (Å²) >= 11 is 0. The van der Waals surface area contributed by atoms with Crippen LogP contribution in [0.2, 0.25) is 0 Å². The van der Waals surface area contributed by atoms with Gasteiger partial charge in [-0.05, 0) is 37.0 Å². The number of rotatable bonds is 8. The van der Waals surface area contributed by atoms with Crippen LogP contribution in [-0.2, 0) is 16.0 Å². The minimum Gasteiger partial charge on any atom is -0.493 e. The Morgan fingerprint density at radius 1 is 0.750 bits per heavy atom. The maximum Gasteiger partial charge on any atom is 0.236 e. The van der Waals surface area contributed by atoms with Gasteiger partial charge in [0.2, 0.25) is 17.6 Å².